The Balaban J connectivity index is 3.20. The normalized spacial score (nSPS) is 13.5. The fourth-order valence-electron chi connectivity index (χ4n) is 0.893. The molecule has 0 bridgehead atoms. The molecule has 0 spiro atoms. The SMILES string of the molecule is CO[Si](CCCOCC(O)CN)OC. The molecule has 1 radical (unpaired) electrons. The first-order chi connectivity index (χ1) is 6.74. The summed E-state index contributed by atoms with van der Waals surface area (Å²) in [6.07, 6.45) is 0.331. The molecule has 0 rings (SSSR count). The zero-order valence-corrected chi connectivity index (χ0v) is 9.86. The molecule has 0 aromatic heterocycles. The third-order valence-corrected chi connectivity index (χ3v) is 3.38. The van der Waals surface area contributed by atoms with E-state index in [4.69, 9.17) is 24.4 Å². The van der Waals surface area contributed by atoms with Crippen LogP contribution in [0.2, 0.25) is 6.04 Å². The van der Waals surface area contributed by atoms with Crippen LogP contribution in [-0.4, -0.2) is 54.5 Å². The number of ether oxygens (including phenoxy) is 1. The van der Waals surface area contributed by atoms with Gasteiger partial charge in [0.05, 0.1) is 12.7 Å². The Labute approximate surface area is 87.0 Å². The molecule has 0 aliphatic rings. The van der Waals surface area contributed by atoms with E-state index >= 15 is 0 Å². The van der Waals surface area contributed by atoms with E-state index in [1.807, 2.05) is 0 Å². The summed E-state index contributed by atoms with van der Waals surface area (Å²) < 4.78 is 15.4. The summed E-state index contributed by atoms with van der Waals surface area (Å²) in [5, 5.41) is 9.07. The van der Waals surface area contributed by atoms with Crippen molar-refractivity contribution in [2.45, 2.75) is 18.6 Å². The Bertz CT molecular complexity index is 124. The molecule has 0 heterocycles. The van der Waals surface area contributed by atoms with Crippen LogP contribution in [0.4, 0.5) is 0 Å². The lowest BCUT2D eigenvalue weighted by atomic mass is 10.4. The van der Waals surface area contributed by atoms with Crippen molar-refractivity contribution in [1.29, 1.82) is 0 Å². The van der Waals surface area contributed by atoms with Gasteiger partial charge >= 0.3 is 9.28 Å². The minimum Gasteiger partial charge on any atom is -0.397 e. The van der Waals surface area contributed by atoms with Crippen LogP contribution in [0.3, 0.4) is 0 Å². The molecule has 0 aliphatic carbocycles. The van der Waals surface area contributed by atoms with Gasteiger partial charge in [0.2, 0.25) is 0 Å². The molecule has 0 aromatic carbocycles. The standard InChI is InChI=1S/C8H20NO4Si/c1-11-14(12-2)5-3-4-13-7-8(10)6-9/h8,10H,3-7,9H2,1-2H3. The predicted molar refractivity (Wildman–Crippen MR) is 55.1 cm³/mol. The highest BCUT2D eigenvalue weighted by molar-refractivity contribution is 6.44. The molecule has 6 heteroatoms. The van der Waals surface area contributed by atoms with Gasteiger partial charge in [0.15, 0.2) is 0 Å². The van der Waals surface area contributed by atoms with Gasteiger partial charge in [0.25, 0.3) is 0 Å². The number of hydrogen-bond donors (Lipinski definition) is 2. The first kappa shape index (κ1) is 14.0. The number of hydrogen-bond acceptors (Lipinski definition) is 5. The van der Waals surface area contributed by atoms with Crippen LogP contribution in [0.15, 0.2) is 0 Å². The summed E-state index contributed by atoms with van der Waals surface area (Å²) in [5.74, 6) is 0. The summed E-state index contributed by atoms with van der Waals surface area (Å²) in [5.41, 5.74) is 5.21. The van der Waals surface area contributed by atoms with E-state index in [1.54, 1.807) is 14.2 Å². The maximum Gasteiger partial charge on any atom is 0.384 e. The van der Waals surface area contributed by atoms with Gasteiger partial charge in [-0.25, -0.2) is 0 Å². The highest BCUT2D eigenvalue weighted by Gasteiger charge is 2.10. The van der Waals surface area contributed by atoms with Crippen molar-refractivity contribution < 1.29 is 18.7 Å². The van der Waals surface area contributed by atoms with Crippen LogP contribution in [0.25, 0.3) is 0 Å². The number of rotatable bonds is 9. The molecule has 3 N–H and O–H groups in total. The quantitative estimate of drug-likeness (QED) is 0.406. The number of aliphatic hydroxyl groups excluding tert-OH is 1. The maximum absolute atomic E-state index is 9.07. The molecule has 1 atom stereocenters. The van der Waals surface area contributed by atoms with E-state index in [-0.39, 0.29) is 6.54 Å². The molecular weight excluding hydrogens is 202 g/mol. The van der Waals surface area contributed by atoms with E-state index in [0.29, 0.717) is 13.2 Å². The van der Waals surface area contributed by atoms with Crippen molar-refractivity contribution in [1.82, 2.24) is 0 Å². The Morgan fingerprint density at radius 2 is 2.00 bits per heavy atom. The second kappa shape index (κ2) is 9.57. The van der Waals surface area contributed by atoms with Crippen LogP contribution < -0.4 is 5.73 Å². The van der Waals surface area contributed by atoms with Crippen LogP contribution in [0.5, 0.6) is 0 Å². The monoisotopic (exact) mass is 222 g/mol. The zero-order chi connectivity index (χ0) is 10.8. The first-order valence-electron chi connectivity index (χ1n) is 4.64. The molecule has 0 fully saturated rings. The minimum absolute atomic E-state index is 0.241. The molecule has 1 unspecified atom stereocenters. The summed E-state index contributed by atoms with van der Waals surface area (Å²) in [6, 6.07) is 0.885. The van der Waals surface area contributed by atoms with Gasteiger partial charge in [0, 0.05) is 27.4 Å². The van der Waals surface area contributed by atoms with Crippen molar-refractivity contribution in [3.05, 3.63) is 0 Å². The smallest absolute Gasteiger partial charge is 0.384 e. The van der Waals surface area contributed by atoms with Gasteiger partial charge in [-0.15, -0.1) is 0 Å². The first-order valence-corrected chi connectivity index (χ1v) is 6.16. The Hall–Kier alpha value is 0.0169. The third kappa shape index (κ3) is 7.42. The molecule has 0 saturated carbocycles. The number of aliphatic hydroxyl groups is 1. The zero-order valence-electron chi connectivity index (χ0n) is 8.86. The Morgan fingerprint density at radius 3 is 2.50 bits per heavy atom. The Morgan fingerprint density at radius 1 is 1.36 bits per heavy atom. The van der Waals surface area contributed by atoms with E-state index in [9.17, 15) is 0 Å². The topological polar surface area (TPSA) is 73.9 Å². The maximum atomic E-state index is 9.07. The summed E-state index contributed by atoms with van der Waals surface area (Å²) >= 11 is 0. The second-order valence-electron chi connectivity index (χ2n) is 2.85. The third-order valence-electron chi connectivity index (χ3n) is 1.71. The summed E-state index contributed by atoms with van der Waals surface area (Å²) in [6.45, 7) is 1.15. The summed E-state index contributed by atoms with van der Waals surface area (Å²) in [4.78, 5) is 0. The van der Waals surface area contributed by atoms with Gasteiger partial charge < -0.3 is 24.4 Å². The molecule has 0 saturated heterocycles. The molecule has 0 aliphatic heterocycles. The van der Waals surface area contributed by atoms with Crippen LogP contribution in [0.1, 0.15) is 6.42 Å². The lowest BCUT2D eigenvalue weighted by Crippen LogP contribution is -2.25. The van der Waals surface area contributed by atoms with E-state index < -0.39 is 15.4 Å². The Kier molecular flexibility index (Phi) is 9.58. The average Bonchev–Trinajstić information content (AvgIpc) is 2.23. The molecule has 5 nitrogen and oxygen atoms in total. The van der Waals surface area contributed by atoms with E-state index in [0.717, 1.165) is 12.5 Å². The van der Waals surface area contributed by atoms with E-state index in [1.165, 1.54) is 0 Å². The number of nitrogens with two attached hydrogens (primary N) is 1. The van der Waals surface area contributed by atoms with Crippen LogP contribution in [-0.2, 0) is 13.6 Å². The highest BCUT2D eigenvalue weighted by atomic mass is 28.3. The lowest BCUT2D eigenvalue weighted by Gasteiger charge is -2.10. The van der Waals surface area contributed by atoms with Crippen LogP contribution >= 0.6 is 0 Å². The molecule has 14 heavy (non-hydrogen) atoms. The fraction of sp³-hybridized carbons (Fsp3) is 1.00. The second-order valence-corrected chi connectivity index (χ2v) is 4.91. The van der Waals surface area contributed by atoms with Crippen molar-refractivity contribution in [3.8, 4) is 0 Å². The minimum atomic E-state index is -1.10. The predicted octanol–water partition coefficient (Wildman–Crippen LogP) is -0.506. The van der Waals surface area contributed by atoms with Gasteiger partial charge in [-0.2, -0.15) is 0 Å². The van der Waals surface area contributed by atoms with Crippen LogP contribution in [0, 0.1) is 0 Å². The molecule has 0 amide bonds. The van der Waals surface area contributed by atoms with Crippen molar-refractivity contribution in [2.24, 2.45) is 5.73 Å². The highest BCUT2D eigenvalue weighted by Crippen LogP contribution is 1.99. The lowest BCUT2D eigenvalue weighted by molar-refractivity contribution is 0.0411. The van der Waals surface area contributed by atoms with Crippen molar-refractivity contribution in [2.75, 3.05) is 34.0 Å². The molecule has 0 aromatic rings. The fourth-order valence-corrected chi connectivity index (χ4v) is 1.90. The van der Waals surface area contributed by atoms with E-state index in [2.05, 4.69) is 0 Å². The van der Waals surface area contributed by atoms with Gasteiger partial charge in [-0.3, -0.25) is 0 Å². The molecular formula is C8H20NO4Si. The largest absolute Gasteiger partial charge is 0.397 e. The van der Waals surface area contributed by atoms with Crippen molar-refractivity contribution in [3.63, 3.8) is 0 Å². The molecule has 85 valence electrons. The van der Waals surface area contributed by atoms with Gasteiger partial charge in [-0.1, -0.05) is 0 Å². The van der Waals surface area contributed by atoms with Crippen molar-refractivity contribution >= 4 is 9.28 Å². The average molecular weight is 222 g/mol. The van der Waals surface area contributed by atoms with Gasteiger partial charge in [0.1, 0.15) is 0 Å². The van der Waals surface area contributed by atoms with Gasteiger partial charge in [-0.05, 0) is 12.5 Å². The summed E-state index contributed by atoms with van der Waals surface area (Å²) in [7, 11) is 2.20.